The molecule has 0 aromatic carbocycles. The van der Waals surface area contributed by atoms with Gasteiger partial charge in [-0.25, -0.2) is 0 Å². The summed E-state index contributed by atoms with van der Waals surface area (Å²) >= 11 is 0. The number of aliphatic carboxylic acids is 2. The van der Waals surface area contributed by atoms with Crippen molar-refractivity contribution in [2.75, 3.05) is 26.2 Å². The molecule has 0 fully saturated rings. The van der Waals surface area contributed by atoms with Crippen molar-refractivity contribution in [1.82, 2.24) is 9.80 Å². The van der Waals surface area contributed by atoms with Crippen molar-refractivity contribution < 1.29 is 19.8 Å². The molecule has 324 valence electrons. The number of nitrogens with zero attached hydrogens (tertiary/aromatic N) is 2. The largest absolute Gasteiger partial charge is 2.00 e. The fraction of sp³-hybridized carbons (Fsp3) is 0.958. The Kier molecular flexibility index (Phi) is 52.4. The summed E-state index contributed by atoms with van der Waals surface area (Å²) < 4.78 is 0. The minimum absolute atomic E-state index is 0. The minimum Gasteiger partial charge on any atom is -0.550 e. The number of carbonyl (C=O) groups excluding carboxylic acids is 2. The first kappa shape index (κ1) is 59.4. The third-order valence-electron chi connectivity index (χ3n) is 11.3. The van der Waals surface area contributed by atoms with Crippen LogP contribution in [-0.2, 0) is 9.59 Å². The Hall–Kier alpha value is 0.120. The Labute approximate surface area is 374 Å². The summed E-state index contributed by atoms with van der Waals surface area (Å²) in [6.07, 6.45) is 41.1. The number of hydrogen-bond donors (Lipinski definition) is 0. The molecule has 0 aliphatic heterocycles. The molecular weight excluding hydrogens is 709 g/mol. The van der Waals surface area contributed by atoms with Gasteiger partial charge >= 0.3 is 37.7 Å². The van der Waals surface area contributed by atoms with Crippen LogP contribution in [0.4, 0.5) is 0 Å². The molecule has 0 saturated heterocycles. The van der Waals surface area contributed by atoms with E-state index >= 15 is 0 Å². The van der Waals surface area contributed by atoms with Gasteiger partial charge in [0.2, 0.25) is 0 Å². The Balaban J connectivity index is -0.000000966. The van der Waals surface area contributed by atoms with Crippen LogP contribution in [0.2, 0.25) is 0 Å². The molecule has 6 nitrogen and oxygen atoms in total. The van der Waals surface area contributed by atoms with E-state index < -0.39 is 11.9 Å². The first-order valence-electron chi connectivity index (χ1n) is 24.2. The van der Waals surface area contributed by atoms with Crippen molar-refractivity contribution in [3.63, 3.8) is 0 Å². The molecular formula is C48H96CaN2O4. The maximum absolute atomic E-state index is 11.2. The Morgan fingerprint density at radius 2 is 0.545 bits per heavy atom. The average molecular weight is 805 g/mol. The van der Waals surface area contributed by atoms with Crippen molar-refractivity contribution in [2.45, 2.75) is 272 Å². The number of carboxylic acids is 2. The molecule has 0 bridgehead atoms. The van der Waals surface area contributed by atoms with Crippen molar-refractivity contribution >= 4 is 49.7 Å². The summed E-state index contributed by atoms with van der Waals surface area (Å²) in [4.78, 5) is 27.3. The SMILES string of the molecule is CCCCCCCCCN(CCCCCCCCC)C(CCC)CC(=O)[O-].CCCCCCCCCN(CCCCCCCCC)C(CCC)CC(=O)[O-].[Ca+2]. The molecule has 0 heterocycles. The van der Waals surface area contributed by atoms with Gasteiger partial charge in [-0.05, 0) is 64.7 Å². The zero-order valence-electron chi connectivity index (χ0n) is 38.3. The van der Waals surface area contributed by atoms with E-state index in [4.69, 9.17) is 0 Å². The van der Waals surface area contributed by atoms with Crippen LogP contribution < -0.4 is 10.2 Å². The van der Waals surface area contributed by atoms with Gasteiger partial charge < -0.3 is 29.6 Å². The van der Waals surface area contributed by atoms with Crippen LogP contribution in [0, 0.1) is 0 Å². The molecule has 55 heavy (non-hydrogen) atoms. The first-order chi connectivity index (χ1) is 26.3. The predicted octanol–water partition coefficient (Wildman–Crippen LogP) is 11.8. The minimum atomic E-state index is -0.891. The van der Waals surface area contributed by atoms with Gasteiger partial charge in [0, 0.05) is 36.9 Å². The maximum atomic E-state index is 11.2. The van der Waals surface area contributed by atoms with Crippen molar-refractivity contribution in [2.24, 2.45) is 0 Å². The summed E-state index contributed by atoms with van der Waals surface area (Å²) in [5.41, 5.74) is 0. The summed E-state index contributed by atoms with van der Waals surface area (Å²) in [5.74, 6) is -1.78. The van der Waals surface area contributed by atoms with Gasteiger partial charge in [-0.3, -0.25) is 0 Å². The quantitative estimate of drug-likeness (QED) is 0.0451. The number of hydrogen-bond acceptors (Lipinski definition) is 6. The topological polar surface area (TPSA) is 86.7 Å². The molecule has 0 amide bonds. The van der Waals surface area contributed by atoms with Gasteiger partial charge in [0.05, 0.1) is 0 Å². The second kappa shape index (κ2) is 48.5. The van der Waals surface area contributed by atoms with Crippen LogP contribution in [0.25, 0.3) is 0 Å². The van der Waals surface area contributed by atoms with Crippen LogP contribution in [0.15, 0.2) is 0 Å². The summed E-state index contributed by atoms with van der Waals surface area (Å²) in [6.45, 7) is 17.6. The first-order valence-corrected chi connectivity index (χ1v) is 24.2. The predicted molar refractivity (Wildman–Crippen MR) is 238 cm³/mol. The van der Waals surface area contributed by atoms with Crippen molar-refractivity contribution in [3.05, 3.63) is 0 Å². The van der Waals surface area contributed by atoms with Gasteiger partial charge in [-0.2, -0.15) is 0 Å². The molecule has 0 radical (unpaired) electrons. The van der Waals surface area contributed by atoms with Gasteiger partial charge in [-0.15, -0.1) is 0 Å². The molecule has 0 aliphatic carbocycles. The second-order valence-corrected chi connectivity index (χ2v) is 16.6. The molecule has 0 N–H and O–H groups in total. The standard InChI is InChI=1S/2C24H49NO2.Ca/c2*1-4-7-9-11-13-15-17-20-25(23(19-6-3)22-24(26)27)21-18-16-14-12-10-8-5-2;/h2*23H,4-22H2,1-3H3,(H,26,27);/q;;+2/p-2. The molecule has 7 heteroatoms. The normalized spacial score (nSPS) is 12.4. The van der Waals surface area contributed by atoms with Crippen LogP contribution in [-0.4, -0.2) is 97.7 Å². The number of carbonyl (C=O) groups is 2. The van der Waals surface area contributed by atoms with Crippen LogP contribution in [0.3, 0.4) is 0 Å². The summed E-state index contributed by atoms with van der Waals surface area (Å²) in [5, 5.41) is 22.4. The molecule has 0 aromatic heterocycles. The van der Waals surface area contributed by atoms with Crippen LogP contribution in [0.1, 0.15) is 260 Å². The van der Waals surface area contributed by atoms with E-state index in [2.05, 4.69) is 51.3 Å². The van der Waals surface area contributed by atoms with E-state index in [0.717, 1.165) is 51.9 Å². The van der Waals surface area contributed by atoms with Gasteiger partial charge in [0.15, 0.2) is 0 Å². The second-order valence-electron chi connectivity index (χ2n) is 16.6. The number of rotatable bonds is 42. The van der Waals surface area contributed by atoms with Crippen molar-refractivity contribution in [3.8, 4) is 0 Å². The smallest absolute Gasteiger partial charge is 0.550 e. The Bertz CT molecular complexity index is 672. The van der Waals surface area contributed by atoms with Gasteiger partial charge in [-0.1, -0.05) is 208 Å². The molecule has 0 spiro atoms. The third kappa shape index (κ3) is 43.5. The average Bonchev–Trinajstić information content (AvgIpc) is 3.14. The van der Waals surface area contributed by atoms with Gasteiger partial charge in [0.25, 0.3) is 0 Å². The molecule has 0 aromatic rings. The fourth-order valence-electron chi connectivity index (χ4n) is 7.92. The summed E-state index contributed by atoms with van der Waals surface area (Å²) in [6, 6.07) is 0.334. The van der Waals surface area contributed by atoms with Crippen LogP contribution >= 0.6 is 0 Å². The Morgan fingerprint density at radius 1 is 0.345 bits per heavy atom. The molecule has 0 aliphatic rings. The zero-order chi connectivity index (χ0) is 40.3. The fourth-order valence-corrected chi connectivity index (χ4v) is 7.92. The number of carboxylic acid groups (broad SMARTS) is 2. The summed E-state index contributed by atoms with van der Waals surface area (Å²) in [7, 11) is 0. The van der Waals surface area contributed by atoms with E-state index in [1.54, 1.807) is 0 Å². The molecule has 0 rings (SSSR count). The monoisotopic (exact) mass is 805 g/mol. The van der Waals surface area contributed by atoms with E-state index in [-0.39, 0.29) is 62.7 Å². The van der Waals surface area contributed by atoms with Crippen molar-refractivity contribution in [1.29, 1.82) is 0 Å². The van der Waals surface area contributed by atoms with Gasteiger partial charge in [0.1, 0.15) is 0 Å². The maximum Gasteiger partial charge on any atom is 2.00 e. The number of unbranched alkanes of at least 4 members (excludes halogenated alkanes) is 24. The zero-order valence-corrected chi connectivity index (χ0v) is 40.5. The molecule has 0 saturated carbocycles. The van der Waals surface area contributed by atoms with Crippen LogP contribution in [0.5, 0.6) is 0 Å². The third-order valence-corrected chi connectivity index (χ3v) is 11.3. The molecule has 2 atom stereocenters. The molecule has 2 unspecified atom stereocenters. The Morgan fingerprint density at radius 3 is 0.727 bits per heavy atom. The van der Waals surface area contributed by atoms with E-state index in [1.807, 2.05) is 0 Å². The van der Waals surface area contributed by atoms with E-state index in [1.165, 1.54) is 180 Å². The van der Waals surface area contributed by atoms with E-state index in [0.29, 0.717) is 0 Å². The van der Waals surface area contributed by atoms with E-state index in [9.17, 15) is 19.8 Å².